The van der Waals surface area contributed by atoms with E-state index in [1.165, 1.54) is 22.9 Å². The molecule has 0 unspecified atom stereocenters. The largest absolute Gasteiger partial charge is 0.329 e. The van der Waals surface area contributed by atoms with Crippen LogP contribution < -0.4 is 4.72 Å². The molecule has 0 radical (unpaired) electrons. The maximum Gasteiger partial charge on any atom is 0.329 e. The lowest BCUT2D eigenvalue weighted by atomic mass is 9.89. The van der Waals surface area contributed by atoms with Gasteiger partial charge in [0, 0.05) is 14.7 Å². The molecule has 0 bridgehead atoms. The Morgan fingerprint density at radius 2 is 2.19 bits per heavy atom. The smallest absolute Gasteiger partial charge is 0.292 e. The fourth-order valence-electron chi connectivity index (χ4n) is 1.51. The van der Waals surface area contributed by atoms with Gasteiger partial charge in [0.15, 0.2) is 16.4 Å². The first-order valence-corrected chi connectivity index (χ1v) is 8.13. The highest BCUT2D eigenvalue weighted by molar-refractivity contribution is 9.10. The Morgan fingerprint density at radius 3 is 2.62 bits per heavy atom. The Kier molecular flexibility index (Phi) is 5.70. The number of thiocyanates is 1. The normalized spacial score (nSPS) is 15.5. The first-order valence-electron chi connectivity index (χ1n) is 5.31. The first kappa shape index (κ1) is 17.9. The van der Waals surface area contributed by atoms with E-state index in [1.54, 1.807) is 0 Å². The number of carbonyl (C=O) groups is 1. The number of hydrogen-bond acceptors (Lipinski definition) is 5. The molecule has 0 saturated heterocycles. The summed E-state index contributed by atoms with van der Waals surface area (Å²) in [4.78, 5) is 11.6. The van der Waals surface area contributed by atoms with E-state index in [2.05, 4.69) is 15.9 Å². The highest BCUT2D eigenvalue weighted by Crippen LogP contribution is 2.42. The van der Waals surface area contributed by atoms with Crippen molar-refractivity contribution in [2.45, 2.75) is 24.8 Å². The fourth-order valence-corrected chi connectivity index (χ4v) is 3.81. The van der Waals surface area contributed by atoms with Crippen LogP contribution in [0.4, 0.5) is 8.78 Å². The molecule has 2 atom stereocenters. The summed E-state index contributed by atoms with van der Waals surface area (Å²) in [5, 5.41) is 19.8. The summed E-state index contributed by atoms with van der Waals surface area (Å²) in [6.45, 7) is 0.968. The van der Waals surface area contributed by atoms with Gasteiger partial charge in [-0.25, -0.2) is 8.93 Å². The number of nitrogens with zero attached hydrogens (tertiary/aromatic N) is 2. The minimum atomic E-state index is -4.01. The predicted molar refractivity (Wildman–Crippen MR) is 76.4 cm³/mol. The first-order chi connectivity index (χ1) is 9.68. The molecule has 1 aromatic rings. The number of halogens is 3. The van der Waals surface area contributed by atoms with Gasteiger partial charge in [0.1, 0.15) is 12.0 Å². The minimum absolute atomic E-state index is 0.00858. The van der Waals surface area contributed by atoms with Gasteiger partial charge < -0.3 is 0 Å². The van der Waals surface area contributed by atoms with Gasteiger partial charge in [-0.2, -0.15) is 19.3 Å². The molecule has 0 amide bonds. The highest BCUT2D eigenvalue weighted by Gasteiger charge is 2.58. The topological polar surface area (TPSA) is 93.8 Å². The van der Waals surface area contributed by atoms with Crippen LogP contribution in [-0.2, 0) is 21.3 Å². The van der Waals surface area contributed by atoms with E-state index in [4.69, 9.17) is 10.5 Å². The van der Waals surface area contributed by atoms with Gasteiger partial charge in [0.2, 0.25) is 5.78 Å². The van der Waals surface area contributed by atoms with Gasteiger partial charge in [-0.05, 0) is 28.9 Å². The van der Waals surface area contributed by atoms with Gasteiger partial charge in [-0.3, -0.25) is 4.79 Å². The zero-order chi connectivity index (χ0) is 16.3. The summed E-state index contributed by atoms with van der Waals surface area (Å²) in [6, 6.07) is 2.70. The molecule has 10 heteroatoms. The van der Waals surface area contributed by atoms with E-state index in [-0.39, 0.29) is 4.88 Å². The second kappa shape index (κ2) is 6.71. The van der Waals surface area contributed by atoms with E-state index < -0.39 is 34.7 Å². The third kappa shape index (κ3) is 3.52. The van der Waals surface area contributed by atoms with Gasteiger partial charge in [-0.15, -0.1) is 11.3 Å². The Morgan fingerprint density at radius 1 is 1.57 bits per heavy atom. The van der Waals surface area contributed by atoms with Crippen molar-refractivity contribution < 1.29 is 17.8 Å². The Hall–Kier alpha value is -1.20. The molecule has 112 valence electrons. The van der Waals surface area contributed by atoms with Crippen LogP contribution in [0.5, 0.6) is 0 Å². The van der Waals surface area contributed by atoms with E-state index in [1.807, 2.05) is 4.72 Å². The van der Waals surface area contributed by atoms with Crippen molar-refractivity contribution in [3.05, 3.63) is 20.8 Å². The number of nitriles is 2. The lowest BCUT2D eigenvalue weighted by Gasteiger charge is -2.34. The molecule has 1 heterocycles. The molecule has 0 fully saturated rings. The van der Waals surface area contributed by atoms with E-state index >= 15 is 0 Å². The van der Waals surface area contributed by atoms with Crippen molar-refractivity contribution in [1.82, 2.24) is 4.72 Å². The monoisotopic (exact) mass is 395 g/mol. The number of ketones is 1. The van der Waals surface area contributed by atoms with Crippen LogP contribution in [0.15, 0.2) is 15.9 Å². The summed E-state index contributed by atoms with van der Waals surface area (Å²) in [6.07, 6.45) is -0.990. The van der Waals surface area contributed by atoms with Gasteiger partial charge in [-0.1, -0.05) is 0 Å². The predicted octanol–water partition coefficient (Wildman–Crippen LogP) is 2.58. The third-order valence-corrected chi connectivity index (χ3v) is 5.33. The number of Topliss-reactive ketones (excluding diaryl/α,β-unsaturated/α-hetero) is 1. The maximum atomic E-state index is 14.4. The average Bonchev–Trinajstić information content (AvgIpc) is 2.85. The second-order valence-electron chi connectivity index (χ2n) is 4.05. The zero-order valence-corrected chi connectivity index (χ0v) is 13.7. The second-order valence-corrected chi connectivity index (χ2v) is 6.80. The molecule has 0 aliphatic rings. The number of rotatable bonds is 6. The molecule has 0 aromatic carbocycles. The van der Waals surface area contributed by atoms with Crippen molar-refractivity contribution >= 4 is 44.0 Å². The van der Waals surface area contributed by atoms with Crippen LogP contribution in [-0.4, -0.2) is 15.9 Å². The molecule has 1 rings (SSSR count). The van der Waals surface area contributed by atoms with E-state index in [9.17, 15) is 17.8 Å². The molecule has 1 N–H and O–H groups in total. The molecular weight excluding hydrogens is 388 g/mol. The Labute approximate surface area is 134 Å². The molecule has 21 heavy (non-hydrogen) atoms. The molecule has 0 aliphatic carbocycles. The van der Waals surface area contributed by atoms with E-state index in [0.29, 0.717) is 4.47 Å². The summed E-state index contributed by atoms with van der Waals surface area (Å²) in [7, 11) is -2.42. The number of thiophene rings is 1. The summed E-state index contributed by atoms with van der Waals surface area (Å²) in [5.74, 6) is -5.63. The molecule has 0 saturated carbocycles. The Balaban J connectivity index is 3.38. The lowest BCUT2D eigenvalue weighted by molar-refractivity contribution is -0.153. The maximum absolute atomic E-state index is 14.4. The van der Waals surface area contributed by atoms with Crippen molar-refractivity contribution in [1.29, 1.82) is 10.5 Å². The SMILES string of the molecule is C[C@@](N[S@](=O)C#N)(c1cc(Br)cs1)C(F)(F)C(=O)CC#N. The number of alkyl halides is 2. The van der Waals surface area contributed by atoms with Crippen LogP contribution in [0.2, 0.25) is 0 Å². The quantitative estimate of drug-likeness (QED) is 0.748. The van der Waals surface area contributed by atoms with Crippen molar-refractivity contribution in [2.75, 3.05) is 0 Å². The minimum Gasteiger partial charge on any atom is -0.292 e. The van der Waals surface area contributed by atoms with Crippen LogP contribution in [0.3, 0.4) is 0 Å². The summed E-state index contributed by atoms with van der Waals surface area (Å²) in [5.41, 5.74) is -2.36. The van der Waals surface area contributed by atoms with Crippen molar-refractivity contribution in [3.63, 3.8) is 0 Å². The average molecular weight is 396 g/mol. The van der Waals surface area contributed by atoms with Gasteiger partial charge >= 0.3 is 5.92 Å². The standard InChI is InChI=1S/C11H8BrF2N3O2S2/c1-10(17-21(19)6-16,9-4-7(12)5-20-9)11(13,14)8(18)2-3-15/h4-5,17H,2H2,1H3/t10-,21-/m1/s1. The van der Waals surface area contributed by atoms with Gasteiger partial charge in [0.25, 0.3) is 0 Å². The zero-order valence-electron chi connectivity index (χ0n) is 10.5. The fraction of sp³-hybridized carbons (Fsp3) is 0.364. The number of nitrogens with one attached hydrogen (secondary N) is 1. The number of hydrogen-bond donors (Lipinski definition) is 1. The van der Waals surface area contributed by atoms with E-state index in [0.717, 1.165) is 18.3 Å². The molecule has 5 nitrogen and oxygen atoms in total. The summed E-state index contributed by atoms with van der Waals surface area (Å²) < 4.78 is 42.7. The number of carbonyl (C=O) groups excluding carboxylic acids is 1. The van der Waals surface area contributed by atoms with Crippen LogP contribution in [0.1, 0.15) is 18.2 Å². The lowest BCUT2D eigenvalue weighted by Crippen LogP contribution is -2.57. The molecule has 1 aromatic heterocycles. The molecular formula is C11H8BrF2N3O2S2. The molecule has 0 aliphatic heterocycles. The van der Waals surface area contributed by atoms with Crippen molar-refractivity contribution in [2.24, 2.45) is 0 Å². The van der Waals surface area contributed by atoms with Crippen LogP contribution >= 0.6 is 27.3 Å². The summed E-state index contributed by atoms with van der Waals surface area (Å²) >= 11 is 4.01. The highest BCUT2D eigenvalue weighted by atomic mass is 79.9. The third-order valence-electron chi connectivity index (χ3n) is 2.66. The van der Waals surface area contributed by atoms with Crippen molar-refractivity contribution in [3.8, 4) is 11.5 Å². The Bertz CT molecular complexity index is 665. The van der Waals surface area contributed by atoms with Gasteiger partial charge in [0.05, 0.1) is 6.07 Å². The van der Waals surface area contributed by atoms with Crippen LogP contribution in [0, 0.1) is 22.0 Å². The van der Waals surface area contributed by atoms with Crippen LogP contribution in [0.25, 0.3) is 0 Å². The molecule has 0 spiro atoms.